The van der Waals surface area contributed by atoms with Crippen molar-refractivity contribution in [2.75, 3.05) is 13.2 Å². The van der Waals surface area contributed by atoms with Crippen LogP contribution < -0.4 is 9.47 Å². The largest absolute Gasteiger partial charge is 0.490 e. The van der Waals surface area contributed by atoms with Gasteiger partial charge in [-0.15, -0.1) is 0 Å². The molecule has 1 aromatic rings. The number of rotatable bonds is 3. The lowest BCUT2D eigenvalue weighted by atomic mass is 10.0. The average Bonchev–Trinajstić information content (AvgIpc) is 2.60. The van der Waals surface area contributed by atoms with Crippen LogP contribution in [0.2, 0.25) is 0 Å². The van der Waals surface area contributed by atoms with E-state index in [1.54, 1.807) is 0 Å². The summed E-state index contributed by atoms with van der Waals surface area (Å²) in [5.74, 6) is -0.801. The summed E-state index contributed by atoms with van der Waals surface area (Å²) in [6.45, 7) is 0.986. The Balaban J connectivity index is 2.25. The highest BCUT2D eigenvalue weighted by Gasteiger charge is 2.28. The van der Waals surface area contributed by atoms with Crippen molar-refractivity contribution in [1.29, 1.82) is 0 Å². The van der Waals surface area contributed by atoms with Crippen LogP contribution >= 0.6 is 0 Å². The van der Waals surface area contributed by atoms with Crippen LogP contribution in [-0.2, 0) is 4.79 Å². The number of fused-ring (bicyclic) bond motifs is 1. The Bertz CT molecular complexity index is 448. The van der Waals surface area contributed by atoms with Gasteiger partial charge in [0.2, 0.25) is 6.17 Å². The number of halogens is 1. The van der Waals surface area contributed by atoms with Crippen molar-refractivity contribution >= 4 is 5.97 Å². The van der Waals surface area contributed by atoms with Gasteiger partial charge in [0.25, 0.3) is 0 Å². The number of ether oxygens (including phenoxy) is 2. The Morgan fingerprint density at radius 1 is 1.28 bits per heavy atom. The van der Waals surface area contributed by atoms with E-state index in [1.165, 1.54) is 18.2 Å². The summed E-state index contributed by atoms with van der Waals surface area (Å²) in [4.78, 5) is 10.5. The quantitative estimate of drug-likeness (QED) is 0.852. The van der Waals surface area contributed by atoms with Crippen molar-refractivity contribution < 1.29 is 28.9 Å². The van der Waals surface area contributed by atoms with Crippen LogP contribution in [0.1, 0.15) is 18.1 Å². The van der Waals surface area contributed by atoms with Crippen molar-refractivity contribution in [2.45, 2.75) is 18.7 Å². The number of carboxylic acid groups (broad SMARTS) is 1. The van der Waals surface area contributed by atoms with Gasteiger partial charge in [-0.25, -0.2) is 9.18 Å². The predicted octanol–water partition coefficient (Wildman–Crippen LogP) is 1.30. The normalized spacial score (nSPS) is 17.7. The second-order valence-electron chi connectivity index (χ2n) is 3.94. The number of carbonyl (C=O) groups is 1. The summed E-state index contributed by atoms with van der Waals surface area (Å²) in [5, 5.41) is 18.1. The molecule has 0 bridgehead atoms. The minimum atomic E-state index is -2.37. The molecule has 1 aliphatic heterocycles. The van der Waals surface area contributed by atoms with Gasteiger partial charge in [-0.3, -0.25) is 0 Å². The van der Waals surface area contributed by atoms with Crippen LogP contribution in [0.25, 0.3) is 0 Å². The van der Waals surface area contributed by atoms with E-state index in [1.807, 2.05) is 0 Å². The Morgan fingerprint density at radius 3 is 2.61 bits per heavy atom. The molecule has 2 rings (SSSR count). The van der Waals surface area contributed by atoms with Gasteiger partial charge in [-0.1, -0.05) is 6.07 Å². The Hall–Kier alpha value is -1.82. The fourth-order valence-corrected chi connectivity index (χ4v) is 1.67. The molecule has 0 saturated carbocycles. The van der Waals surface area contributed by atoms with E-state index in [0.29, 0.717) is 24.7 Å². The van der Waals surface area contributed by atoms with E-state index in [9.17, 15) is 14.3 Å². The van der Waals surface area contributed by atoms with Crippen LogP contribution in [0.5, 0.6) is 11.5 Å². The standard InChI is InChI=1S/C12H13FO5/c13-10(12(15)16)11(14)7-2-3-8-9(6-7)18-5-1-4-17-8/h2-3,6,10-11,14H,1,4-5H2,(H,15,16). The fraction of sp³-hybridized carbons (Fsp3) is 0.417. The highest BCUT2D eigenvalue weighted by molar-refractivity contribution is 5.73. The molecule has 0 amide bonds. The maximum atomic E-state index is 13.2. The van der Waals surface area contributed by atoms with Crippen molar-refractivity contribution in [3.8, 4) is 11.5 Å². The van der Waals surface area contributed by atoms with Crippen LogP contribution in [0.3, 0.4) is 0 Å². The third-order valence-corrected chi connectivity index (χ3v) is 2.63. The van der Waals surface area contributed by atoms with Crippen molar-refractivity contribution in [1.82, 2.24) is 0 Å². The molecule has 1 aromatic carbocycles. The van der Waals surface area contributed by atoms with Gasteiger partial charge in [-0.2, -0.15) is 0 Å². The van der Waals surface area contributed by atoms with E-state index >= 15 is 0 Å². The lowest BCUT2D eigenvalue weighted by Gasteiger charge is -2.15. The zero-order valence-electron chi connectivity index (χ0n) is 9.51. The molecule has 0 radical (unpaired) electrons. The molecule has 1 heterocycles. The molecule has 18 heavy (non-hydrogen) atoms. The number of aliphatic hydroxyl groups is 1. The molecular formula is C12H13FO5. The zero-order valence-corrected chi connectivity index (χ0v) is 9.51. The first-order valence-electron chi connectivity index (χ1n) is 5.54. The maximum absolute atomic E-state index is 13.2. The molecular weight excluding hydrogens is 243 g/mol. The fourth-order valence-electron chi connectivity index (χ4n) is 1.67. The topological polar surface area (TPSA) is 76.0 Å². The predicted molar refractivity (Wildman–Crippen MR) is 59.5 cm³/mol. The van der Waals surface area contributed by atoms with Gasteiger partial charge in [0.05, 0.1) is 13.2 Å². The Morgan fingerprint density at radius 2 is 1.94 bits per heavy atom. The first-order valence-corrected chi connectivity index (χ1v) is 5.54. The van der Waals surface area contributed by atoms with Gasteiger partial charge in [0, 0.05) is 6.42 Å². The SMILES string of the molecule is O=C(O)C(F)C(O)c1ccc2c(c1)OCCCO2. The van der Waals surface area contributed by atoms with Gasteiger partial charge in [-0.05, 0) is 17.7 Å². The summed E-state index contributed by atoms with van der Waals surface area (Å²) < 4.78 is 23.9. The zero-order chi connectivity index (χ0) is 13.1. The van der Waals surface area contributed by atoms with E-state index < -0.39 is 18.2 Å². The molecule has 6 heteroatoms. The van der Waals surface area contributed by atoms with Gasteiger partial charge in [0.15, 0.2) is 11.5 Å². The van der Waals surface area contributed by atoms with Gasteiger partial charge >= 0.3 is 5.97 Å². The molecule has 0 saturated heterocycles. The van der Waals surface area contributed by atoms with Crippen molar-refractivity contribution in [2.24, 2.45) is 0 Å². The monoisotopic (exact) mass is 256 g/mol. The van der Waals surface area contributed by atoms with Crippen LogP contribution in [0.4, 0.5) is 4.39 Å². The van der Waals surface area contributed by atoms with E-state index in [2.05, 4.69) is 0 Å². The van der Waals surface area contributed by atoms with Crippen LogP contribution in [-0.4, -0.2) is 35.6 Å². The summed E-state index contributed by atoms with van der Waals surface area (Å²) in [6, 6.07) is 4.36. The lowest BCUT2D eigenvalue weighted by Crippen LogP contribution is -2.23. The minimum Gasteiger partial charge on any atom is -0.490 e. The average molecular weight is 256 g/mol. The van der Waals surface area contributed by atoms with E-state index in [4.69, 9.17) is 14.6 Å². The molecule has 98 valence electrons. The number of benzene rings is 1. The number of hydrogen-bond donors (Lipinski definition) is 2. The number of aliphatic hydroxyl groups excluding tert-OH is 1. The molecule has 2 unspecified atom stereocenters. The summed E-state index contributed by atoms with van der Waals surface area (Å²) in [5.41, 5.74) is 0.147. The van der Waals surface area contributed by atoms with Crippen molar-refractivity contribution in [3.63, 3.8) is 0 Å². The number of hydrogen-bond acceptors (Lipinski definition) is 4. The van der Waals surface area contributed by atoms with Crippen LogP contribution in [0, 0.1) is 0 Å². The Kier molecular flexibility index (Phi) is 3.66. The first kappa shape index (κ1) is 12.6. The molecule has 5 nitrogen and oxygen atoms in total. The molecule has 0 spiro atoms. The van der Waals surface area contributed by atoms with Crippen LogP contribution in [0.15, 0.2) is 18.2 Å². The molecule has 1 aliphatic rings. The number of alkyl halides is 1. The molecule has 0 fully saturated rings. The molecule has 2 N–H and O–H groups in total. The lowest BCUT2D eigenvalue weighted by molar-refractivity contribution is -0.147. The maximum Gasteiger partial charge on any atom is 0.341 e. The van der Waals surface area contributed by atoms with Crippen molar-refractivity contribution in [3.05, 3.63) is 23.8 Å². The van der Waals surface area contributed by atoms with E-state index in [-0.39, 0.29) is 5.56 Å². The highest BCUT2D eigenvalue weighted by atomic mass is 19.1. The summed E-state index contributed by atoms with van der Waals surface area (Å²) in [6.07, 6.45) is -3.36. The van der Waals surface area contributed by atoms with Gasteiger partial charge in [0.1, 0.15) is 6.10 Å². The molecule has 0 aromatic heterocycles. The number of aliphatic carboxylic acids is 1. The summed E-state index contributed by atoms with van der Waals surface area (Å²) in [7, 11) is 0. The van der Waals surface area contributed by atoms with Gasteiger partial charge < -0.3 is 19.7 Å². The second-order valence-corrected chi connectivity index (χ2v) is 3.94. The Labute approximate surface area is 103 Å². The van der Waals surface area contributed by atoms with E-state index in [0.717, 1.165) is 6.42 Å². The first-order chi connectivity index (χ1) is 8.59. The summed E-state index contributed by atoms with van der Waals surface area (Å²) >= 11 is 0. The minimum absolute atomic E-state index is 0.147. The smallest absolute Gasteiger partial charge is 0.341 e. The molecule has 2 atom stereocenters. The third kappa shape index (κ3) is 2.53. The second kappa shape index (κ2) is 5.22. The number of carboxylic acids is 1. The third-order valence-electron chi connectivity index (χ3n) is 2.63. The molecule has 0 aliphatic carbocycles. The highest BCUT2D eigenvalue weighted by Crippen LogP contribution is 2.33.